The van der Waals surface area contributed by atoms with E-state index in [4.69, 9.17) is 15.0 Å². The monoisotopic (exact) mass is 433 g/mol. The van der Waals surface area contributed by atoms with Crippen LogP contribution in [0, 0.1) is 5.82 Å². The minimum atomic E-state index is -0.579. The van der Waals surface area contributed by atoms with Gasteiger partial charge in [-0.2, -0.15) is 0 Å². The largest absolute Gasteiger partial charge is 0.491 e. The summed E-state index contributed by atoms with van der Waals surface area (Å²) in [6.07, 6.45) is 1.69. The summed E-state index contributed by atoms with van der Waals surface area (Å²) >= 11 is 6.63. The number of hydrogen-bond donors (Lipinski definition) is 1. The van der Waals surface area contributed by atoms with Crippen molar-refractivity contribution in [1.29, 1.82) is 0 Å². The van der Waals surface area contributed by atoms with Gasteiger partial charge < -0.3 is 15.0 Å². The van der Waals surface area contributed by atoms with Gasteiger partial charge in [0.05, 0.1) is 11.2 Å². The van der Waals surface area contributed by atoms with Gasteiger partial charge in [0.1, 0.15) is 5.82 Å². The average Bonchev–Trinajstić information content (AvgIpc) is 2.57. The van der Waals surface area contributed by atoms with E-state index >= 15 is 0 Å². The van der Waals surface area contributed by atoms with Crippen LogP contribution in [0.3, 0.4) is 0 Å². The highest BCUT2D eigenvalue weighted by molar-refractivity contribution is 9.11. The van der Waals surface area contributed by atoms with Crippen LogP contribution < -0.4 is 5.73 Å². The van der Waals surface area contributed by atoms with E-state index in [0.29, 0.717) is 20.0 Å². The molecule has 1 aliphatic rings. The van der Waals surface area contributed by atoms with Crippen molar-refractivity contribution in [3.8, 4) is 0 Å². The second-order valence-electron chi connectivity index (χ2n) is 6.29. The van der Waals surface area contributed by atoms with E-state index in [1.165, 1.54) is 6.07 Å². The highest BCUT2D eigenvalue weighted by Gasteiger charge is 2.52. The minimum Gasteiger partial charge on any atom is -0.400 e. The fourth-order valence-electron chi connectivity index (χ4n) is 2.09. The van der Waals surface area contributed by atoms with Gasteiger partial charge in [0.25, 0.3) is 0 Å². The van der Waals surface area contributed by atoms with E-state index in [-0.39, 0.29) is 12.4 Å². The summed E-state index contributed by atoms with van der Waals surface area (Å²) in [5.41, 5.74) is 6.04. The van der Waals surface area contributed by atoms with Gasteiger partial charge in [-0.1, -0.05) is 37.9 Å². The third kappa shape index (κ3) is 3.48. The van der Waals surface area contributed by atoms with Gasteiger partial charge in [-0.3, -0.25) is 0 Å². The van der Waals surface area contributed by atoms with Gasteiger partial charge in [-0.15, -0.1) is 0 Å². The Morgan fingerprint density at radius 3 is 2.23 bits per heavy atom. The molecule has 0 radical (unpaired) electrons. The third-order valence-electron chi connectivity index (χ3n) is 4.17. The first kappa shape index (κ1) is 18.1. The van der Waals surface area contributed by atoms with E-state index < -0.39 is 18.3 Å². The Labute approximate surface area is 147 Å². The molecule has 0 bridgehead atoms. The number of hydrogen-bond acceptors (Lipinski definition) is 3. The fraction of sp³-hybridized carbons (Fsp3) is 0.467. The molecule has 0 aliphatic carbocycles. The van der Waals surface area contributed by atoms with Crippen LogP contribution >= 0.6 is 31.9 Å². The second-order valence-corrected chi connectivity index (χ2v) is 8.06. The molecule has 1 aromatic rings. The maximum atomic E-state index is 14.2. The van der Waals surface area contributed by atoms with Gasteiger partial charge in [-0.25, -0.2) is 4.39 Å². The third-order valence-corrected chi connectivity index (χ3v) is 5.28. The lowest BCUT2D eigenvalue weighted by Crippen LogP contribution is -2.41. The summed E-state index contributed by atoms with van der Waals surface area (Å²) in [6, 6.07) is 3.20. The van der Waals surface area contributed by atoms with Crippen molar-refractivity contribution in [2.24, 2.45) is 5.73 Å². The van der Waals surface area contributed by atoms with Crippen LogP contribution in [-0.2, 0) is 9.31 Å². The summed E-state index contributed by atoms with van der Waals surface area (Å²) in [5.74, 6) is -0.344. The van der Waals surface area contributed by atoms with Crippen LogP contribution in [0.25, 0.3) is 6.08 Å². The molecule has 1 fully saturated rings. The van der Waals surface area contributed by atoms with Crippen molar-refractivity contribution in [2.75, 3.05) is 6.54 Å². The van der Waals surface area contributed by atoms with E-state index in [2.05, 4.69) is 31.9 Å². The fourth-order valence-corrected chi connectivity index (χ4v) is 3.38. The molecule has 1 aliphatic heterocycles. The summed E-state index contributed by atoms with van der Waals surface area (Å²) in [7, 11) is -0.579. The van der Waals surface area contributed by atoms with E-state index in [0.717, 1.165) is 0 Å². The van der Waals surface area contributed by atoms with Crippen LogP contribution in [-0.4, -0.2) is 24.9 Å². The molecule has 0 unspecified atom stereocenters. The van der Waals surface area contributed by atoms with Crippen molar-refractivity contribution in [1.82, 2.24) is 0 Å². The summed E-state index contributed by atoms with van der Waals surface area (Å²) in [5, 5.41) is 0. The predicted octanol–water partition coefficient (Wildman–Crippen LogP) is 4.32. The normalized spacial score (nSPS) is 20.5. The van der Waals surface area contributed by atoms with Crippen LogP contribution in [0.15, 0.2) is 26.6 Å². The number of nitrogens with two attached hydrogens (primary N) is 1. The quantitative estimate of drug-likeness (QED) is 0.720. The SMILES string of the molecule is CC1(C)OB(C(=Cc2c(F)cc(Br)cc2Br)CN)OC1(C)C. The maximum Gasteiger partial charge on any atom is 0.491 e. The predicted molar refractivity (Wildman–Crippen MR) is 94.9 cm³/mol. The Kier molecular flexibility index (Phi) is 5.24. The molecule has 1 aromatic carbocycles. The molecule has 120 valence electrons. The lowest BCUT2D eigenvalue weighted by atomic mass is 9.77. The van der Waals surface area contributed by atoms with Gasteiger partial charge in [-0.05, 0) is 45.3 Å². The van der Waals surface area contributed by atoms with Crippen LogP contribution in [0.2, 0.25) is 0 Å². The van der Waals surface area contributed by atoms with Crippen molar-refractivity contribution >= 4 is 45.1 Å². The Bertz CT molecular complexity index is 581. The molecule has 0 aromatic heterocycles. The molecule has 0 amide bonds. The van der Waals surface area contributed by atoms with Crippen LogP contribution in [0.4, 0.5) is 4.39 Å². The van der Waals surface area contributed by atoms with Crippen molar-refractivity contribution in [3.63, 3.8) is 0 Å². The maximum absolute atomic E-state index is 14.2. The molecule has 7 heteroatoms. The zero-order valence-electron chi connectivity index (χ0n) is 13.0. The van der Waals surface area contributed by atoms with E-state index in [1.807, 2.05) is 27.7 Å². The van der Waals surface area contributed by atoms with Gasteiger partial charge in [0, 0.05) is 21.1 Å². The lowest BCUT2D eigenvalue weighted by molar-refractivity contribution is 0.00578. The first-order valence-corrected chi connectivity index (χ1v) is 8.57. The van der Waals surface area contributed by atoms with E-state index in [1.54, 1.807) is 12.1 Å². The van der Waals surface area contributed by atoms with Gasteiger partial charge in [0.15, 0.2) is 0 Å². The smallest absolute Gasteiger partial charge is 0.400 e. The molecule has 2 rings (SSSR count). The standard InChI is InChI=1S/C15H19BBr2FNO2/c1-14(2)15(3,4)22-16(21-14)9(8-20)5-11-12(18)6-10(17)7-13(11)19/h5-7H,8,20H2,1-4H3. The molecule has 3 nitrogen and oxygen atoms in total. The molecular formula is C15H19BBr2FNO2. The highest BCUT2D eigenvalue weighted by Crippen LogP contribution is 2.39. The summed E-state index contributed by atoms with van der Waals surface area (Å²) < 4.78 is 27.4. The molecule has 0 atom stereocenters. The van der Waals surface area contributed by atoms with Crippen molar-refractivity contribution in [2.45, 2.75) is 38.9 Å². The Morgan fingerprint density at radius 2 is 1.77 bits per heavy atom. The molecule has 2 N–H and O–H groups in total. The topological polar surface area (TPSA) is 44.5 Å². The summed E-state index contributed by atoms with van der Waals surface area (Å²) in [4.78, 5) is 0. The molecule has 1 saturated heterocycles. The molecule has 1 heterocycles. The number of halogens is 3. The van der Waals surface area contributed by atoms with Crippen molar-refractivity contribution < 1.29 is 13.7 Å². The first-order chi connectivity index (χ1) is 10.1. The first-order valence-electron chi connectivity index (χ1n) is 6.98. The second kappa shape index (κ2) is 6.36. The summed E-state index contributed by atoms with van der Waals surface area (Å²) in [6.45, 7) is 8.10. The Balaban J connectivity index is 2.38. The number of benzene rings is 1. The van der Waals surface area contributed by atoms with Crippen LogP contribution in [0.1, 0.15) is 33.3 Å². The molecular weight excluding hydrogens is 416 g/mol. The van der Waals surface area contributed by atoms with Gasteiger partial charge in [0.2, 0.25) is 0 Å². The zero-order chi connectivity index (χ0) is 16.7. The van der Waals surface area contributed by atoms with Gasteiger partial charge >= 0.3 is 7.12 Å². The Morgan fingerprint density at radius 1 is 1.23 bits per heavy atom. The number of rotatable bonds is 3. The minimum absolute atomic E-state index is 0.221. The lowest BCUT2D eigenvalue weighted by Gasteiger charge is -2.32. The van der Waals surface area contributed by atoms with Crippen molar-refractivity contribution in [3.05, 3.63) is 37.9 Å². The molecule has 22 heavy (non-hydrogen) atoms. The van der Waals surface area contributed by atoms with E-state index in [9.17, 15) is 4.39 Å². The zero-order valence-corrected chi connectivity index (χ0v) is 16.2. The average molecular weight is 435 g/mol. The molecule has 0 spiro atoms. The molecule has 0 saturated carbocycles. The highest BCUT2D eigenvalue weighted by atomic mass is 79.9. The van der Waals surface area contributed by atoms with Crippen LogP contribution in [0.5, 0.6) is 0 Å². The Hall–Kier alpha value is -0.205.